The fraction of sp³-hybridized carbons (Fsp3) is 0.667. The molecule has 0 aromatic heterocycles. The number of nitrogens with zero attached hydrogens (tertiary/aromatic N) is 2. The monoisotopic (exact) mass is 214 g/mol. The van der Waals surface area contributed by atoms with Crippen molar-refractivity contribution in [3.63, 3.8) is 0 Å². The number of rotatable bonds is 3. The van der Waals surface area contributed by atoms with Gasteiger partial charge in [0.15, 0.2) is 0 Å². The maximum absolute atomic E-state index is 11.6. The second-order valence-electron chi connectivity index (χ2n) is 3.89. The van der Waals surface area contributed by atoms with Gasteiger partial charge in [-0.15, -0.1) is 0 Å². The van der Waals surface area contributed by atoms with Crippen molar-refractivity contribution in [2.75, 3.05) is 13.6 Å². The molecule has 3 amide bonds. The van der Waals surface area contributed by atoms with Gasteiger partial charge in [-0.1, -0.05) is 13.8 Å². The van der Waals surface area contributed by atoms with E-state index >= 15 is 0 Å². The van der Waals surface area contributed by atoms with Gasteiger partial charge in [-0.05, 0) is 5.92 Å². The highest BCUT2D eigenvalue weighted by molar-refractivity contribution is 6.05. The summed E-state index contributed by atoms with van der Waals surface area (Å²) >= 11 is 0. The molecule has 0 bridgehead atoms. The van der Waals surface area contributed by atoms with Crippen molar-refractivity contribution in [2.24, 2.45) is 5.92 Å². The molecule has 6 heteroatoms. The molecule has 1 saturated heterocycles. The first-order valence-electron chi connectivity index (χ1n) is 4.66. The van der Waals surface area contributed by atoms with E-state index in [9.17, 15) is 14.4 Å². The van der Waals surface area contributed by atoms with Crippen LogP contribution in [-0.2, 0) is 9.59 Å². The number of carboxylic acid groups (broad SMARTS) is 1. The smallest absolute Gasteiger partial charge is 0.327 e. The highest BCUT2D eigenvalue weighted by Gasteiger charge is 2.45. The lowest BCUT2D eigenvalue weighted by atomic mass is 10.0. The quantitative estimate of drug-likeness (QED) is 0.670. The third kappa shape index (κ3) is 1.93. The Morgan fingerprint density at radius 1 is 1.47 bits per heavy atom. The zero-order valence-corrected chi connectivity index (χ0v) is 8.93. The van der Waals surface area contributed by atoms with Gasteiger partial charge in [0.25, 0.3) is 5.91 Å². The first-order chi connectivity index (χ1) is 6.86. The highest BCUT2D eigenvalue weighted by atomic mass is 16.4. The zero-order chi connectivity index (χ0) is 11.7. The number of imide groups is 1. The van der Waals surface area contributed by atoms with Crippen molar-refractivity contribution >= 4 is 17.9 Å². The Kier molecular flexibility index (Phi) is 2.97. The molecule has 0 aromatic rings. The number of aliphatic carboxylic acids is 1. The van der Waals surface area contributed by atoms with Crippen molar-refractivity contribution in [3.05, 3.63) is 0 Å². The Morgan fingerprint density at radius 2 is 2.00 bits per heavy atom. The summed E-state index contributed by atoms with van der Waals surface area (Å²) in [4.78, 5) is 35.8. The summed E-state index contributed by atoms with van der Waals surface area (Å²) in [7, 11) is 1.36. The third-order valence-electron chi connectivity index (χ3n) is 2.39. The van der Waals surface area contributed by atoms with Crippen LogP contribution in [-0.4, -0.2) is 52.4 Å². The molecule has 15 heavy (non-hydrogen) atoms. The van der Waals surface area contributed by atoms with Crippen LogP contribution in [0.1, 0.15) is 13.8 Å². The fourth-order valence-corrected chi connectivity index (χ4v) is 1.69. The average molecular weight is 214 g/mol. The predicted molar refractivity (Wildman–Crippen MR) is 51.1 cm³/mol. The molecule has 84 valence electrons. The SMILES string of the molecule is CC(C)C1C(=O)N(C)C(=O)N1CC(=O)O. The van der Waals surface area contributed by atoms with E-state index in [0.29, 0.717) is 0 Å². The van der Waals surface area contributed by atoms with Crippen LogP contribution in [0.3, 0.4) is 0 Å². The molecule has 1 N–H and O–H groups in total. The van der Waals surface area contributed by atoms with E-state index in [-0.39, 0.29) is 11.8 Å². The zero-order valence-electron chi connectivity index (χ0n) is 8.93. The van der Waals surface area contributed by atoms with E-state index < -0.39 is 24.6 Å². The lowest BCUT2D eigenvalue weighted by Crippen LogP contribution is -2.41. The van der Waals surface area contributed by atoms with Gasteiger partial charge in [0.2, 0.25) is 0 Å². The summed E-state index contributed by atoms with van der Waals surface area (Å²) in [6, 6.07) is -1.19. The predicted octanol–water partition coefficient (Wildman–Crippen LogP) is -0.0104. The van der Waals surface area contributed by atoms with Gasteiger partial charge in [0.1, 0.15) is 12.6 Å². The lowest BCUT2D eigenvalue weighted by Gasteiger charge is -2.22. The molecule has 1 unspecified atom stereocenters. The normalized spacial score (nSPS) is 21.7. The van der Waals surface area contributed by atoms with Crippen LogP contribution in [0.2, 0.25) is 0 Å². The van der Waals surface area contributed by atoms with Crippen LogP contribution in [0.25, 0.3) is 0 Å². The number of urea groups is 1. The number of carbonyl (C=O) groups excluding carboxylic acids is 2. The minimum atomic E-state index is -1.11. The summed E-state index contributed by atoms with van der Waals surface area (Å²) in [5.74, 6) is -1.54. The van der Waals surface area contributed by atoms with Crippen molar-refractivity contribution in [1.82, 2.24) is 9.80 Å². The Hall–Kier alpha value is -1.59. The third-order valence-corrected chi connectivity index (χ3v) is 2.39. The maximum Gasteiger partial charge on any atom is 0.327 e. The second kappa shape index (κ2) is 3.88. The van der Waals surface area contributed by atoms with E-state index in [1.807, 2.05) is 0 Å². The molecule has 1 aliphatic rings. The van der Waals surface area contributed by atoms with E-state index in [4.69, 9.17) is 5.11 Å². The maximum atomic E-state index is 11.6. The van der Waals surface area contributed by atoms with Gasteiger partial charge in [-0.25, -0.2) is 4.79 Å². The van der Waals surface area contributed by atoms with E-state index in [2.05, 4.69) is 0 Å². The minimum Gasteiger partial charge on any atom is -0.480 e. The molecule has 1 atom stereocenters. The number of hydrogen-bond donors (Lipinski definition) is 1. The van der Waals surface area contributed by atoms with Gasteiger partial charge < -0.3 is 10.0 Å². The fourth-order valence-electron chi connectivity index (χ4n) is 1.69. The number of carboxylic acids is 1. The van der Waals surface area contributed by atoms with Crippen LogP contribution in [0.4, 0.5) is 4.79 Å². The Morgan fingerprint density at radius 3 is 2.40 bits per heavy atom. The van der Waals surface area contributed by atoms with Gasteiger partial charge in [0, 0.05) is 7.05 Å². The van der Waals surface area contributed by atoms with Gasteiger partial charge in [-0.2, -0.15) is 0 Å². The molecule has 0 aliphatic carbocycles. The number of amides is 3. The standard InChI is InChI=1S/C9H14N2O4/c1-5(2)7-8(14)10(3)9(15)11(7)4-6(12)13/h5,7H,4H2,1-3H3,(H,12,13). The Balaban J connectivity index is 2.95. The summed E-state index contributed by atoms with van der Waals surface area (Å²) in [6.07, 6.45) is 0. The molecule has 0 saturated carbocycles. The molecule has 1 aliphatic heterocycles. The molecular weight excluding hydrogens is 200 g/mol. The van der Waals surface area contributed by atoms with E-state index in [0.717, 1.165) is 9.80 Å². The topological polar surface area (TPSA) is 77.9 Å². The van der Waals surface area contributed by atoms with Gasteiger partial charge in [0.05, 0.1) is 0 Å². The molecular formula is C9H14N2O4. The van der Waals surface area contributed by atoms with Crippen LogP contribution >= 0.6 is 0 Å². The van der Waals surface area contributed by atoms with Crippen molar-refractivity contribution in [2.45, 2.75) is 19.9 Å². The summed E-state index contributed by atoms with van der Waals surface area (Å²) < 4.78 is 0. The largest absolute Gasteiger partial charge is 0.480 e. The Labute approximate surface area is 87.5 Å². The highest BCUT2D eigenvalue weighted by Crippen LogP contribution is 2.21. The molecule has 6 nitrogen and oxygen atoms in total. The van der Waals surface area contributed by atoms with Gasteiger partial charge >= 0.3 is 12.0 Å². The molecule has 0 radical (unpaired) electrons. The summed E-state index contributed by atoms with van der Waals surface area (Å²) in [5, 5.41) is 8.64. The van der Waals surface area contributed by atoms with Crippen molar-refractivity contribution in [1.29, 1.82) is 0 Å². The van der Waals surface area contributed by atoms with Crippen LogP contribution < -0.4 is 0 Å². The number of likely N-dealkylation sites (N-methyl/N-ethyl adjacent to an activating group) is 1. The van der Waals surface area contributed by atoms with E-state index in [1.54, 1.807) is 13.8 Å². The molecule has 1 heterocycles. The molecule has 0 spiro atoms. The Bertz CT molecular complexity index is 313. The minimum absolute atomic E-state index is 0.0919. The van der Waals surface area contributed by atoms with Gasteiger partial charge in [-0.3, -0.25) is 14.5 Å². The first kappa shape index (κ1) is 11.5. The van der Waals surface area contributed by atoms with Crippen LogP contribution in [0.5, 0.6) is 0 Å². The van der Waals surface area contributed by atoms with Crippen molar-refractivity contribution in [3.8, 4) is 0 Å². The molecule has 1 fully saturated rings. The molecule has 1 rings (SSSR count). The number of carbonyl (C=O) groups is 3. The number of hydrogen-bond acceptors (Lipinski definition) is 3. The van der Waals surface area contributed by atoms with Crippen LogP contribution in [0.15, 0.2) is 0 Å². The van der Waals surface area contributed by atoms with Crippen LogP contribution in [0, 0.1) is 5.92 Å². The van der Waals surface area contributed by atoms with Crippen molar-refractivity contribution < 1.29 is 19.5 Å². The second-order valence-corrected chi connectivity index (χ2v) is 3.89. The molecule has 0 aromatic carbocycles. The summed E-state index contributed by atoms with van der Waals surface area (Å²) in [6.45, 7) is 3.13. The lowest BCUT2D eigenvalue weighted by molar-refractivity contribution is -0.138. The van der Waals surface area contributed by atoms with E-state index in [1.165, 1.54) is 7.05 Å². The average Bonchev–Trinajstić information content (AvgIpc) is 2.30. The summed E-state index contributed by atoms with van der Waals surface area (Å²) in [5.41, 5.74) is 0. The first-order valence-corrected chi connectivity index (χ1v) is 4.66.